The van der Waals surface area contributed by atoms with Gasteiger partial charge in [0.25, 0.3) is 5.91 Å². The van der Waals surface area contributed by atoms with E-state index in [2.05, 4.69) is 15.3 Å². The summed E-state index contributed by atoms with van der Waals surface area (Å²) in [6, 6.07) is 12.5. The molecule has 2 aromatic carbocycles. The molecule has 26 heavy (non-hydrogen) atoms. The summed E-state index contributed by atoms with van der Waals surface area (Å²) >= 11 is 5.88. The Morgan fingerprint density at radius 3 is 2.81 bits per heavy atom. The first-order chi connectivity index (χ1) is 12.5. The zero-order valence-corrected chi connectivity index (χ0v) is 15.0. The number of benzene rings is 2. The van der Waals surface area contributed by atoms with Gasteiger partial charge in [0.05, 0.1) is 16.6 Å². The number of carbonyl (C=O) groups excluding carboxylic acids is 2. The molecule has 3 aromatic rings. The highest BCUT2D eigenvalue weighted by molar-refractivity contribution is 6.31. The van der Waals surface area contributed by atoms with Gasteiger partial charge in [-0.1, -0.05) is 23.7 Å². The Hall–Kier alpha value is -2.86. The van der Waals surface area contributed by atoms with E-state index in [1.54, 1.807) is 12.1 Å². The van der Waals surface area contributed by atoms with Crippen LogP contribution in [0.5, 0.6) is 5.75 Å². The molecule has 0 spiro atoms. The second-order valence-electron chi connectivity index (χ2n) is 5.79. The van der Waals surface area contributed by atoms with Gasteiger partial charge in [-0.3, -0.25) is 9.59 Å². The third kappa shape index (κ3) is 4.40. The van der Waals surface area contributed by atoms with Crippen molar-refractivity contribution < 1.29 is 14.3 Å². The van der Waals surface area contributed by atoms with Crippen LogP contribution in [-0.2, 0) is 11.2 Å². The van der Waals surface area contributed by atoms with Crippen molar-refractivity contribution in [1.82, 2.24) is 15.3 Å². The summed E-state index contributed by atoms with van der Waals surface area (Å²) < 4.78 is 5.45. The third-order valence-corrected chi connectivity index (χ3v) is 4.04. The number of rotatable bonds is 7. The van der Waals surface area contributed by atoms with Crippen LogP contribution in [0.25, 0.3) is 11.0 Å². The fraction of sp³-hybridized carbons (Fsp3) is 0.211. The largest absolute Gasteiger partial charge is 0.483 e. The van der Waals surface area contributed by atoms with Crippen molar-refractivity contribution in [2.24, 2.45) is 0 Å². The fourth-order valence-electron chi connectivity index (χ4n) is 2.54. The molecule has 134 valence electrons. The maximum atomic E-state index is 11.9. The summed E-state index contributed by atoms with van der Waals surface area (Å²) in [6.07, 6.45) is 0.583. The van der Waals surface area contributed by atoms with Crippen LogP contribution in [0.3, 0.4) is 0 Å². The highest BCUT2D eigenvalue weighted by atomic mass is 35.5. The van der Waals surface area contributed by atoms with Crippen LogP contribution in [0.2, 0.25) is 5.02 Å². The number of hydrogen-bond acceptors (Lipinski definition) is 4. The van der Waals surface area contributed by atoms with E-state index in [4.69, 9.17) is 16.3 Å². The Morgan fingerprint density at radius 1 is 1.23 bits per heavy atom. The first-order valence-corrected chi connectivity index (χ1v) is 8.54. The van der Waals surface area contributed by atoms with E-state index < -0.39 is 0 Å². The summed E-state index contributed by atoms with van der Waals surface area (Å²) in [4.78, 5) is 31.2. The van der Waals surface area contributed by atoms with Crippen molar-refractivity contribution in [3.63, 3.8) is 0 Å². The number of amides is 1. The maximum absolute atomic E-state index is 11.9. The van der Waals surface area contributed by atoms with Gasteiger partial charge in [0, 0.05) is 18.0 Å². The lowest BCUT2D eigenvalue weighted by molar-refractivity contribution is -0.123. The highest BCUT2D eigenvalue weighted by Gasteiger charge is 2.11. The molecule has 0 saturated heterocycles. The summed E-state index contributed by atoms with van der Waals surface area (Å²) in [5, 5.41) is 3.21. The second-order valence-corrected chi connectivity index (χ2v) is 6.22. The molecule has 1 amide bonds. The number of ether oxygens (including phenoxy) is 1. The van der Waals surface area contributed by atoms with Crippen LogP contribution in [0, 0.1) is 0 Å². The molecule has 0 fully saturated rings. The lowest BCUT2D eigenvalue weighted by Crippen LogP contribution is -2.31. The first kappa shape index (κ1) is 17.9. The molecule has 0 atom stereocenters. The van der Waals surface area contributed by atoms with E-state index in [0.717, 1.165) is 16.9 Å². The number of hydrogen-bond donors (Lipinski definition) is 2. The Kier molecular flexibility index (Phi) is 5.53. The lowest BCUT2D eigenvalue weighted by atomic mass is 10.1. The highest BCUT2D eigenvalue weighted by Crippen LogP contribution is 2.23. The number of para-hydroxylation sites is 2. The van der Waals surface area contributed by atoms with E-state index in [9.17, 15) is 9.59 Å². The summed E-state index contributed by atoms with van der Waals surface area (Å²) in [5.74, 6) is 0.705. The van der Waals surface area contributed by atoms with Gasteiger partial charge in [-0.05, 0) is 37.3 Å². The van der Waals surface area contributed by atoms with Crippen molar-refractivity contribution in [1.29, 1.82) is 0 Å². The molecule has 6 nitrogen and oxygen atoms in total. The van der Waals surface area contributed by atoms with E-state index >= 15 is 0 Å². The van der Waals surface area contributed by atoms with Gasteiger partial charge in [-0.15, -0.1) is 0 Å². The summed E-state index contributed by atoms with van der Waals surface area (Å²) in [6.45, 7) is 1.68. The van der Waals surface area contributed by atoms with Crippen molar-refractivity contribution >= 4 is 34.3 Å². The Balaban J connectivity index is 1.49. The molecule has 7 heteroatoms. The van der Waals surface area contributed by atoms with Crippen LogP contribution in [0.4, 0.5) is 0 Å². The summed E-state index contributed by atoms with van der Waals surface area (Å²) in [5.41, 5.74) is 2.22. The molecule has 3 rings (SSSR count). The van der Waals surface area contributed by atoms with Gasteiger partial charge in [-0.25, -0.2) is 4.98 Å². The van der Waals surface area contributed by atoms with Gasteiger partial charge in [0.1, 0.15) is 11.6 Å². The number of ketones is 1. The molecule has 0 radical (unpaired) electrons. The van der Waals surface area contributed by atoms with Crippen LogP contribution >= 0.6 is 11.6 Å². The van der Waals surface area contributed by atoms with Gasteiger partial charge in [0.2, 0.25) is 0 Å². The SMILES string of the molecule is CC(=O)c1cc(Cl)ccc1OCC(=O)NCCc1nc2ccccc2[nH]1. The Bertz CT molecular complexity index is 919. The van der Waals surface area contributed by atoms with Gasteiger partial charge >= 0.3 is 0 Å². The number of fused-ring (bicyclic) bond motifs is 1. The van der Waals surface area contributed by atoms with Crippen LogP contribution in [0.15, 0.2) is 42.5 Å². The molecule has 0 bridgehead atoms. The van der Waals surface area contributed by atoms with E-state index in [-0.39, 0.29) is 18.3 Å². The number of Topliss-reactive ketones (excluding diaryl/α,β-unsaturated/α-hetero) is 1. The zero-order valence-electron chi connectivity index (χ0n) is 14.2. The topological polar surface area (TPSA) is 84.1 Å². The van der Waals surface area contributed by atoms with Crippen LogP contribution < -0.4 is 10.1 Å². The third-order valence-electron chi connectivity index (χ3n) is 3.80. The number of imidazole rings is 1. The minimum Gasteiger partial charge on any atom is -0.483 e. The average molecular weight is 372 g/mol. The maximum Gasteiger partial charge on any atom is 0.257 e. The molecule has 1 heterocycles. The molecule has 0 aliphatic heterocycles. The molecule has 0 aliphatic carbocycles. The zero-order chi connectivity index (χ0) is 18.5. The number of H-pyrrole nitrogens is 1. The van der Waals surface area contributed by atoms with Crippen molar-refractivity contribution in [3.8, 4) is 5.75 Å². The molecule has 0 unspecified atom stereocenters. The molecule has 0 aliphatic rings. The molecule has 1 aromatic heterocycles. The van der Waals surface area contributed by atoms with Crippen molar-refractivity contribution in [3.05, 3.63) is 58.9 Å². The normalized spacial score (nSPS) is 10.7. The number of nitrogens with zero attached hydrogens (tertiary/aromatic N) is 1. The monoisotopic (exact) mass is 371 g/mol. The minimum atomic E-state index is -0.273. The predicted molar refractivity (Wildman–Crippen MR) is 99.8 cm³/mol. The lowest BCUT2D eigenvalue weighted by Gasteiger charge is -2.10. The smallest absolute Gasteiger partial charge is 0.257 e. The number of halogens is 1. The van der Waals surface area contributed by atoms with E-state index in [1.807, 2.05) is 24.3 Å². The first-order valence-electron chi connectivity index (χ1n) is 8.16. The Morgan fingerprint density at radius 2 is 2.04 bits per heavy atom. The molecular weight excluding hydrogens is 354 g/mol. The number of nitrogens with one attached hydrogen (secondary N) is 2. The molecule has 0 saturated carbocycles. The second kappa shape index (κ2) is 8.01. The standard InChI is InChI=1S/C19H18ClN3O3/c1-12(24)14-10-13(20)6-7-17(14)26-11-19(25)21-9-8-18-22-15-4-2-3-5-16(15)23-18/h2-7,10H,8-9,11H2,1H3,(H,21,25)(H,22,23). The number of aromatic amines is 1. The van der Waals surface area contributed by atoms with Crippen LogP contribution in [-0.4, -0.2) is 34.8 Å². The minimum absolute atomic E-state index is 0.173. The quantitative estimate of drug-likeness (QED) is 0.625. The fourth-order valence-corrected chi connectivity index (χ4v) is 2.71. The van der Waals surface area contributed by atoms with E-state index in [0.29, 0.717) is 29.3 Å². The van der Waals surface area contributed by atoms with Crippen molar-refractivity contribution in [2.45, 2.75) is 13.3 Å². The number of carbonyl (C=O) groups is 2. The predicted octanol–water partition coefficient (Wildman–Crippen LogP) is 3.16. The van der Waals surface area contributed by atoms with Gasteiger partial charge < -0.3 is 15.0 Å². The summed E-state index contributed by atoms with van der Waals surface area (Å²) in [7, 11) is 0. The van der Waals surface area contributed by atoms with Gasteiger partial charge in [0.15, 0.2) is 12.4 Å². The van der Waals surface area contributed by atoms with Crippen molar-refractivity contribution in [2.75, 3.05) is 13.2 Å². The van der Waals surface area contributed by atoms with E-state index in [1.165, 1.54) is 13.0 Å². The molecular formula is C19H18ClN3O3. The van der Waals surface area contributed by atoms with Gasteiger partial charge in [-0.2, -0.15) is 0 Å². The molecule has 2 N–H and O–H groups in total. The Labute approximate surface area is 155 Å². The van der Waals surface area contributed by atoms with Crippen LogP contribution in [0.1, 0.15) is 23.1 Å². The average Bonchev–Trinajstić information content (AvgIpc) is 3.03. The number of aromatic nitrogens is 2.